The van der Waals surface area contributed by atoms with Gasteiger partial charge in [-0.2, -0.15) is 10.2 Å². The third-order valence-electron chi connectivity index (χ3n) is 3.37. The molecule has 5 nitrogen and oxygen atoms in total. The molecule has 0 aliphatic heterocycles. The lowest BCUT2D eigenvalue weighted by molar-refractivity contribution is 0.756. The number of anilines is 1. The minimum atomic E-state index is 0.203. The van der Waals surface area contributed by atoms with E-state index in [0.29, 0.717) is 0 Å². The Morgan fingerprint density at radius 1 is 1.37 bits per heavy atom. The predicted molar refractivity (Wildman–Crippen MR) is 76.1 cm³/mol. The van der Waals surface area contributed by atoms with E-state index in [2.05, 4.69) is 39.8 Å². The minimum Gasteiger partial charge on any atom is -0.378 e. The Balaban J connectivity index is 1.92. The van der Waals surface area contributed by atoms with Crippen LogP contribution in [0.3, 0.4) is 0 Å². The van der Waals surface area contributed by atoms with Gasteiger partial charge in [-0.3, -0.25) is 9.78 Å². The van der Waals surface area contributed by atoms with Crippen LogP contribution in [-0.2, 0) is 7.05 Å². The number of nitrogens with one attached hydrogen (secondary N) is 2. The molecule has 2 aromatic heterocycles. The first-order valence-electron chi connectivity index (χ1n) is 6.34. The van der Waals surface area contributed by atoms with Crippen LogP contribution in [0.1, 0.15) is 24.2 Å². The highest BCUT2D eigenvalue weighted by molar-refractivity contribution is 5.90. The number of aromatic amines is 1. The lowest BCUT2D eigenvalue weighted by Crippen LogP contribution is -2.07. The van der Waals surface area contributed by atoms with Gasteiger partial charge in [0.05, 0.1) is 23.4 Å². The molecule has 3 aromatic rings. The number of rotatable bonds is 3. The van der Waals surface area contributed by atoms with E-state index in [9.17, 15) is 0 Å². The molecule has 2 N–H and O–H groups in total. The fraction of sp³-hybridized carbons (Fsp3) is 0.286. The van der Waals surface area contributed by atoms with Gasteiger partial charge in [-0.1, -0.05) is 6.07 Å². The van der Waals surface area contributed by atoms with Gasteiger partial charge in [0.2, 0.25) is 0 Å². The van der Waals surface area contributed by atoms with Gasteiger partial charge in [0.1, 0.15) is 0 Å². The van der Waals surface area contributed by atoms with Crippen molar-refractivity contribution in [2.45, 2.75) is 19.9 Å². The molecule has 1 unspecified atom stereocenters. The summed E-state index contributed by atoms with van der Waals surface area (Å²) in [6.07, 6.45) is 3.91. The van der Waals surface area contributed by atoms with Gasteiger partial charge in [-0.05, 0) is 26.0 Å². The summed E-state index contributed by atoms with van der Waals surface area (Å²) < 4.78 is 1.85. The first-order valence-corrected chi connectivity index (χ1v) is 6.34. The zero-order valence-corrected chi connectivity index (χ0v) is 11.3. The zero-order chi connectivity index (χ0) is 13.4. The molecular weight excluding hydrogens is 238 g/mol. The highest BCUT2D eigenvalue weighted by atomic mass is 15.3. The van der Waals surface area contributed by atoms with E-state index in [1.165, 1.54) is 5.56 Å². The molecule has 0 aliphatic rings. The molecule has 0 amide bonds. The second kappa shape index (κ2) is 4.42. The third-order valence-corrected chi connectivity index (χ3v) is 3.37. The van der Waals surface area contributed by atoms with Crippen molar-refractivity contribution in [2.75, 3.05) is 5.32 Å². The van der Waals surface area contributed by atoms with E-state index < -0.39 is 0 Å². The number of H-pyrrole nitrogens is 1. The van der Waals surface area contributed by atoms with Crippen LogP contribution in [0.15, 0.2) is 30.6 Å². The Bertz CT molecular complexity index is 710. The topological polar surface area (TPSA) is 58.5 Å². The SMILES string of the molecule is Cc1nn(C)cc1C(C)Nc1cccc2[nH]ncc12. The molecule has 1 atom stereocenters. The number of nitrogens with zero attached hydrogens (tertiary/aromatic N) is 3. The fourth-order valence-corrected chi connectivity index (χ4v) is 2.45. The van der Waals surface area contributed by atoms with Crippen LogP contribution in [0.25, 0.3) is 10.9 Å². The van der Waals surface area contributed by atoms with Crippen LogP contribution in [0.2, 0.25) is 0 Å². The van der Waals surface area contributed by atoms with Crippen molar-refractivity contribution in [1.29, 1.82) is 0 Å². The summed E-state index contributed by atoms with van der Waals surface area (Å²) in [5.74, 6) is 0. The number of aromatic nitrogens is 4. The summed E-state index contributed by atoms with van der Waals surface area (Å²) in [6, 6.07) is 6.31. The molecule has 3 rings (SSSR count). The quantitative estimate of drug-likeness (QED) is 0.756. The maximum absolute atomic E-state index is 4.38. The van der Waals surface area contributed by atoms with Crippen LogP contribution >= 0.6 is 0 Å². The van der Waals surface area contributed by atoms with E-state index >= 15 is 0 Å². The summed E-state index contributed by atoms with van der Waals surface area (Å²) in [4.78, 5) is 0. The van der Waals surface area contributed by atoms with Crippen molar-refractivity contribution in [1.82, 2.24) is 20.0 Å². The Morgan fingerprint density at radius 2 is 2.21 bits per heavy atom. The minimum absolute atomic E-state index is 0.203. The molecule has 1 aromatic carbocycles. The predicted octanol–water partition coefficient (Wildman–Crippen LogP) is 2.78. The van der Waals surface area contributed by atoms with E-state index in [1.807, 2.05) is 37.0 Å². The van der Waals surface area contributed by atoms with Crippen molar-refractivity contribution < 1.29 is 0 Å². The number of fused-ring (bicyclic) bond motifs is 1. The molecule has 0 saturated carbocycles. The van der Waals surface area contributed by atoms with Gasteiger partial charge < -0.3 is 5.32 Å². The van der Waals surface area contributed by atoms with Crippen molar-refractivity contribution in [2.24, 2.45) is 7.05 Å². The van der Waals surface area contributed by atoms with Gasteiger partial charge in [0.15, 0.2) is 0 Å². The Kier molecular flexibility index (Phi) is 2.74. The monoisotopic (exact) mass is 255 g/mol. The van der Waals surface area contributed by atoms with Crippen LogP contribution in [-0.4, -0.2) is 20.0 Å². The normalized spacial score (nSPS) is 12.8. The molecule has 5 heteroatoms. The Hall–Kier alpha value is -2.30. The second-order valence-electron chi connectivity index (χ2n) is 4.85. The van der Waals surface area contributed by atoms with E-state index in [1.54, 1.807) is 0 Å². The molecule has 0 bridgehead atoms. The number of hydrogen-bond acceptors (Lipinski definition) is 3. The number of benzene rings is 1. The molecule has 0 aliphatic carbocycles. The Morgan fingerprint density at radius 3 is 2.95 bits per heavy atom. The summed E-state index contributed by atoms with van der Waals surface area (Å²) in [5, 5.41) is 16.1. The van der Waals surface area contributed by atoms with Crippen molar-refractivity contribution >= 4 is 16.6 Å². The molecule has 19 heavy (non-hydrogen) atoms. The van der Waals surface area contributed by atoms with Gasteiger partial charge >= 0.3 is 0 Å². The first kappa shape index (κ1) is 11.8. The highest BCUT2D eigenvalue weighted by Gasteiger charge is 2.13. The van der Waals surface area contributed by atoms with Gasteiger partial charge in [0.25, 0.3) is 0 Å². The molecule has 0 radical (unpaired) electrons. The third kappa shape index (κ3) is 2.07. The summed E-state index contributed by atoms with van der Waals surface area (Å²) in [5.41, 5.74) is 4.40. The number of hydrogen-bond donors (Lipinski definition) is 2. The van der Waals surface area contributed by atoms with Crippen LogP contribution < -0.4 is 5.32 Å². The summed E-state index contributed by atoms with van der Waals surface area (Å²) in [6.45, 7) is 4.18. The van der Waals surface area contributed by atoms with E-state index in [0.717, 1.165) is 22.3 Å². The highest BCUT2D eigenvalue weighted by Crippen LogP contribution is 2.26. The standard InChI is InChI=1S/C14H17N5/c1-9(12-8-19(3)18-10(12)2)16-13-5-4-6-14-11(13)7-15-17-14/h4-9,16H,1-3H3,(H,15,17). The molecule has 0 spiro atoms. The average molecular weight is 255 g/mol. The molecule has 98 valence electrons. The lowest BCUT2D eigenvalue weighted by atomic mass is 10.1. The van der Waals surface area contributed by atoms with Crippen molar-refractivity contribution in [3.63, 3.8) is 0 Å². The van der Waals surface area contributed by atoms with Gasteiger partial charge in [-0.25, -0.2) is 0 Å². The Labute approximate surface area is 111 Å². The smallest absolute Gasteiger partial charge is 0.0671 e. The fourth-order valence-electron chi connectivity index (χ4n) is 2.45. The van der Waals surface area contributed by atoms with Gasteiger partial charge in [-0.15, -0.1) is 0 Å². The van der Waals surface area contributed by atoms with Crippen LogP contribution in [0, 0.1) is 6.92 Å². The summed E-state index contributed by atoms with van der Waals surface area (Å²) >= 11 is 0. The van der Waals surface area contributed by atoms with E-state index in [4.69, 9.17) is 0 Å². The molecule has 2 heterocycles. The molecular formula is C14H17N5. The zero-order valence-electron chi connectivity index (χ0n) is 11.3. The van der Waals surface area contributed by atoms with Crippen LogP contribution in [0.5, 0.6) is 0 Å². The average Bonchev–Trinajstić information content (AvgIpc) is 2.96. The molecule has 0 saturated heterocycles. The second-order valence-corrected chi connectivity index (χ2v) is 4.85. The number of aryl methyl sites for hydroxylation is 2. The van der Waals surface area contributed by atoms with Crippen molar-refractivity contribution in [3.05, 3.63) is 41.9 Å². The first-order chi connectivity index (χ1) is 9.15. The van der Waals surface area contributed by atoms with Crippen LogP contribution in [0.4, 0.5) is 5.69 Å². The summed E-state index contributed by atoms with van der Waals surface area (Å²) in [7, 11) is 1.94. The largest absolute Gasteiger partial charge is 0.378 e. The maximum Gasteiger partial charge on any atom is 0.0671 e. The van der Waals surface area contributed by atoms with Crippen molar-refractivity contribution in [3.8, 4) is 0 Å². The molecule has 0 fully saturated rings. The van der Waals surface area contributed by atoms with Gasteiger partial charge in [0, 0.05) is 29.9 Å². The maximum atomic E-state index is 4.38. The lowest BCUT2D eigenvalue weighted by Gasteiger charge is -2.15. The van der Waals surface area contributed by atoms with E-state index in [-0.39, 0.29) is 6.04 Å².